The molecule has 0 aliphatic heterocycles. The molecule has 0 aliphatic carbocycles. The summed E-state index contributed by atoms with van der Waals surface area (Å²) in [4.78, 5) is 17.1. The van der Waals surface area contributed by atoms with Gasteiger partial charge in [-0.15, -0.1) is 0 Å². The van der Waals surface area contributed by atoms with E-state index < -0.39 is 0 Å². The van der Waals surface area contributed by atoms with Gasteiger partial charge in [0.15, 0.2) is 5.82 Å². The van der Waals surface area contributed by atoms with Crippen molar-refractivity contribution in [3.05, 3.63) is 297 Å². The second kappa shape index (κ2) is 18.6. The molecule has 0 spiro atoms. The highest BCUT2D eigenvalue weighted by atomic mass is 15.3. The molecule has 0 aliphatic rings. The van der Waals surface area contributed by atoms with Gasteiger partial charge in [-0.2, -0.15) is 15.0 Å². The van der Waals surface area contributed by atoms with Crippen molar-refractivity contribution in [1.29, 1.82) is 0 Å². The molecular weight excluding hydrogens is 1100 g/mol. The Bertz CT molecular complexity index is 5920. The number of rotatable bonds is 7. The molecule has 13 aromatic carbocycles. The van der Waals surface area contributed by atoms with Crippen LogP contribution in [-0.4, -0.2) is 42.4 Å². The molecule has 0 bridgehead atoms. The van der Waals surface area contributed by atoms with Crippen molar-refractivity contribution >= 4 is 131 Å². The molecule has 0 fully saturated rings. The summed E-state index contributed by atoms with van der Waals surface area (Å²) in [7, 11) is 0. The first kappa shape index (κ1) is 48.9. The standard InChI is InChI=1S/C81H49N9/c1-3-23-51(24-4-1)87-65-35-15-11-31-59(65)61-43-45-73-75(77(61)87)63-33-13-21-41-71(63)85(73)53-47-50(48-54(49-53)86-72-42-22-14-34-64(72)76-74(86)46-44-62-60-32-12-16-36-66(60)88(78(62)76)52-25-5-2-6-26-52)79-82-80(89-67-37-17-7-27-55(67)56-28-8-18-38-68(56)89)84-81(83-79)90-69-39-19-9-29-57(69)58-30-10-20-40-70(58)90/h1-49H. The zero-order chi connectivity index (χ0) is 58.7. The van der Waals surface area contributed by atoms with Crippen molar-refractivity contribution in [2.45, 2.75) is 0 Å². The molecule has 90 heavy (non-hydrogen) atoms. The monoisotopic (exact) mass is 1150 g/mol. The lowest BCUT2D eigenvalue weighted by Gasteiger charge is -2.17. The van der Waals surface area contributed by atoms with Gasteiger partial charge in [-0.3, -0.25) is 9.13 Å². The maximum absolute atomic E-state index is 5.73. The number of hydrogen-bond acceptors (Lipinski definition) is 3. The average Bonchev–Trinajstić information content (AvgIpc) is 1.58. The summed E-state index contributed by atoms with van der Waals surface area (Å²) in [6.07, 6.45) is 0. The van der Waals surface area contributed by atoms with Gasteiger partial charge in [0.05, 0.1) is 66.2 Å². The van der Waals surface area contributed by atoms with Gasteiger partial charge in [0.2, 0.25) is 11.9 Å². The third kappa shape index (κ3) is 6.77. The van der Waals surface area contributed by atoms with E-state index in [9.17, 15) is 0 Å². The third-order valence-corrected chi connectivity index (χ3v) is 18.8. The van der Waals surface area contributed by atoms with Crippen molar-refractivity contribution in [2.24, 2.45) is 0 Å². The van der Waals surface area contributed by atoms with Crippen LogP contribution in [-0.2, 0) is 0 Å². The molecule has 0 N–H and O–H groups in total. The van der Waals surface area contributed by atoms with Gasteiger partial charge >= 0.3 is 0 Å². The largest absolute Gasteiger partial charge is 0.309 e. The van der Waals surface area contributed by atoms with Crippen LogP contribution in [0.5, 0.6) is 0 Å². The van der Waals surface area contributed by atoms with Crippen LogP contribution in [0.15, 0.2) is 297 Å². The molecule has 9 nitrogen and oxygen atoms in total. The number of fused-ring (bicyclic) bond motifs is 20. The molecule has 20 aromatic rings. The molecule has 7 aromatic heterocycles. The predicted octanol–water partition coefficient (Wildman–Crippen LogP) is 20.1. The van der Waals surface area contributed by atoms with E-state index in [1.165, 1.54) is 32.3 Å². The van der Waals surface area contributed by atoms with Gasteiger partial charge < -0.3 is 18.3 Å². The van der Waals surface area contributed by atoms with Crippen molar-refractivity contribution in [3.63, 3.8) is 0 Å². The number of benzene rings is 13. The smallest absolute Gasteiger partial charge is 0.240 e. The number of nitrogens with zero attached hydrogens (tertiary/aromatic N) is 9. The highest BCUT2D eigenvalue weighted by molar-refractivity contribution is 6.28. The normalized spacial score (nSPS) is 12.2. The Hall–Kier alpha value is -12.3. The summed E-state index contributed by atoms with van der Waals surface area (Å²) >= 11 is 0. The number of para-hydroxylation sites is 10. The fourth-order valence-electron chi connectivity index (χ4n) is 15.2. The molecule has 0 radical (unpaired) electrons. The van der Waals surface area contributed by atoms with Crippen molar-refractivity contribution in [3.8, 4) is 46.0 Å². The molecule has 0 atom stereocenters. The molecule has 0 unspecified atom stereocenters. The molecule has 0 saturated heterocycles. The van der Waals surface area contributed by atoms with Crippen LogP contribution in [0.3, 0.4) is 0 Å². The third-order valence-electron chi connectivity index (χ3n) is 18.8. The second-order valence-electron chi connectivity index (χ2n) is 23.5. The lowest BCUT2D eigenvalue weighted by atomic mass is 10.1. The fraction of sp³-hybridized carbons (Fsp3) is 0. The van der Waals surface area contributed by atoms with E-state index in [-0.39, 0.29) is 0 Å². The SMILES string of the molecule is c1ccc(-n2c3ccccc3c3ccc4c(c5ccccc5n4-c4cc(-c5nc(-n6c7ccccc7c7ccccc76)nc(-n6c7ccccc7c7ccccc76)n5)cc(-n5c6ccccc6c6c5ccc5c7ccccc7n(-c7ccccc7)c56)c4)c32)cc1. The quantitative estimate of drug-likeness (QED) is 0.160. The van der Waals surface area contributed by atoms with E-state index in [0.29, 0.717) is 17.7 Å². The van der Waals surface area contributed by atoms with Gasteiger partial charge in [0, 0.05) is 92.9 Å². The van der Waals surface area contributed by atoms with Crippen molar-refractivity contribution in [2.75, 3.05) is 0 Å². The molecular formula is C81H49N9. The van der Waals surface area contributed by atoms with Crippen LogP contribution >= 0.6 is 0 Å². The molecule has 9 heteroatoms. The maximum Gasteiger partial charge on any atom is 0.240 e. The predicted molar refractivity (Wildman–Crippen MR) is 371 cm³/mol. The van der Waals surface area contributed by atoms with Gasteiger partial charge in [-0.1, -0.05) is 194 Å². The highest BCUT2D eigenvalue weighted by Gasteiger charge is 2.27. The topological polar surface area (TPSA) is 68.2 Å². The van der Waals surface area contributed by atoms with E-state index in [1.54, 1.807) is 0 Å². The Morgan fingerprint density at radius 1 is 0.189 bits per heavy atom. The fourth-order valence-corrected chi connectivity index (χ4v) is 15.2. The Morgan fingerprint density at radius 3 is 0.833 bits per heavy atom. The minimum atomic E-state index is 0.516. The van der Waals surface area contributed by atoms with Gasteiger partial charge in [-0.25, -0.2) is 0 Å². The zero-order valence-corrected chi connectivity index (χ0v) is 48.3. The van der Waals surface area contributed by atoms with Crippen molar-refractivity contribution in [1.82, 2.24) is 42.4 Å². The summed E-state index contributed by atoms with van der Waals surface area (Å²) in [6.45, 7) is 0. The molecule has 7 heterocycles. The molecule has 0 amide bonds. The zero-order valence-electron chi connectivity index (χ0n) is 48.3. The van der Waals surface area contributed by atoms with Crippen LogP contribution in [0.4, 0.5) is 0 Å². The van der Waals surface area contributed by atoms with Crippen LogP contribution in [0, 0.1) is 0 Å². The minimum absolute atomic E-state index is 0.516. The first-order valence-corrected chi connectivity index (χ1v) is 30.6. The van der Waals surface area contributed by atoms with E-state index in [2.05, 4.69) is 325 Å². The Morgan fingerprint density at radius 2 is 0.478 bits per heavy atom. The van der Waals surface area contributed by atoms with Crippen molar-refractivity contribution < 1.29 is 0 Å². The summed E-state index contributed by atoms with van der Waals surface area (Å²) in [5, 5.41) is 13.9. The average molecular weight is 1150 g/mol. The van der Waals surface area contributed by atoms with Crippen LogP contribution in [0.1, 0.15) is 0 Å². The van der Waals surface area contributed by atoms with Gasteiger partial charge in [0.1, 0.15) is 0 Å². The van der Waals surface area contributed by atoms with E-state index in [0.717, 1.165) is 127 Å². The summed E-state index contributed by atoms with van der Waals surface area (Å²) in [5.74, 6) is 1.56. The summed E-state index contributed by atoms with van der Waals surface area (Å²) < 4.78 is 14.3. The van der Waals surface area contributed by atoms with E-state index in [4.69, 9.17) is 15.0 Å². The number of aromatic nitrogens is 9. The summed E-state index contributed by atoms with van der Waals surface area (Å²) in [5.41, 5.74) is 17.9. The lowest BCUT2D eigenvalue weighted by molar-refractivity contribution is 0.892. The first-order valence-electron chi connectivity index (χ1n) is 30.6. The second-order valence-corrected chi connectivity index (χ2v) is 23.5. The summed E-state index contributed by atoms with van der Waals surface area (Å²) in [6, 6.07) is 108. The maximum atomic E-state index is 5.73. The minimum Gasteiger partial charge on any atom is -0.309 e. The number of hydrogen-bond donors (Lipinski definition) is 0. The van der Waals surface area contributed by atoms with Crippen LogP contribution in [0.2, 0.25) is 0 Å². The first-order chi connectivity index (χ1) is 44.7. The molecule has 418 valence electrons. The van der Waals surface area contributed by atoms with Crippen LogP contribution in [0.25, 0.3) is 177 Å². The van der Waals surface area contributed by atoms with E-state index >= 15 is 0 Å². The van der Waals surface area contributed by atoms with E-state index in [1.807, 2.05) is 0 Å². The molecule has 0 saturated carbocycles. The Labute approximate surface area is 513 Å². The van der Waals surface area contributed by atoms with Gasteiger partial charge in [0.25, 0.3) is 0 Å². The Kier molecular flexibility index (Phi) is 10.1. The Balaban J connectivity index is 0.941. The van der Waals surface area contributed by atoms with Gasteiger partial charge in [-0.05, 0) is 103 Å². The lowest BCUT2D eigenvalue weighted by Crippen LogP contribution is -2.10. The van der Waals surface area contributed by atoms with Crippen LogP contribution < -0.4 is 0 Å². The molecule has 20 rings (SSSR count). The highest BCUT2D eigenvalue weighted by Crippen LogP contribution is 2.46.